The summed E-state index contributed by atoms with van der Waals surface area (Å²) in [5.41, 5.74) is 4.10. The zero-order valence-corrected chi connectivity index (χ0v) is 17.5. The number of hydrogen-bond donors (Lipinski definition) is 1. The molecule has 0 fully saturated rings. The summed E-state index contributed by atoms with van der Waals surface area (Å²) in [4.78, 5) is 12.8. The van der Waals surface area contributed by atoms with E-state index in [9.17, 15) is 4.79 Å². The van der Waals surface area contributed by atoms with E-state index in [4.69, 9.17) is 21.1 Å². The van der Waals surface area contributed by atoms with Crippen LogP contribution >= 0.6 is 11.6 Å². The molecular weight excluding hydrogens is 386 g/mol. The van der Waals surface area contributed by atoms with Gasteiger partial charge in [-0.05, 0) is 80.4 Å². The number of aryl methyl sites for hydroxylation is 2. The van der Waals surface area contributed by atoms with E-state index in [2.05, 4.69) is 5.32 Å². The number of rotatable bonds is 7. The SMILES string of the molecule is CCOc1ccc(C(=O)Nc2ccc(Cl)cc2C)cc1COc1cccc(C)c1. The molecule has 0 unspecified atom stereocenters. The average Bonchev–Trinajstić information content (AvgIpc) is 2.69. The second-order valence-electron chi connectivity index (χ2n) is 6.77. The van der Waals surface area contributed by atoms with Gasteiger partial charge in [-0.25, -0.2) is 0 Å². The fourth-order valence-electron chi connectivity index (χ4n) is 2.96. The number of nitrogens with one attached hydrogen (secondary N) is 1. The lowest BCUT2D eigenvalue weighted by Crippen LogP contribution is -2.14. The van der Waals surface area contributed by atoms with Crippen molar-refractivity contribution in [1.29, 1.82) is 0 Å². The van der Waals surface area contributed by atoms with Crippen LogP contribution in [0.3, 0.4) is 0 Å². The normalized spacial score (nSPS) is 10.5. The highest BCUT2D eigenvalue weighted by atomic mass is 35.5. The molecule has 3 rings (SSSR count). The van der Waals surface area contributed by atoms with E-state index in [-0.39, 0.29) is 5.91 Å². The lowest BCUT2D eigenvalue weighted by atomic mass is 10.1. The Hall–Kier alpha value is -2.98. The van der Waals surface area contributed by atoms with Gasteiger partial charge in [0.1, 0.15) is 18.1 Å². The first-order valence-electron chi connectivity index (χ1n) is 9.49. The van der Waals surface area contributed by atoms with Crippen molar-refractivity contribution in [2.24, 2.45) is 0 Å². The monoisotopic (exact) mass is 409 g/mol. The first-order chi connectivity index (χ1) is 14.0. The zero-order chi connectivity index (χ0) is 20.8. The molecule has 3 aromatic rings. The minimum Gasteiger partial charge on any atom is -0.493 e. The number of anilines is 1. The molecule has 1 N–H and O–H groups in total. The molecule has 0 radical (unpaired) electrons. The van der Waals surface area contributed by atoms with Gasteiger partial charge < -0.3 is 14.8 Å². The molecular formula is C24H24ClNO3. The van der Waals surface area contributed by atoms with Crippen molar-refractivity contribution in [3.8, 4) is 11.5 Å². The smallest absolute Gasteiger partial charge is 0.255 e. The molecule has 0 atom stereocenters. The molecule has 0 aliphatic carbocycles. The summed E-state index contributed by atoms with van der Waals surface area (Å²) < 4.78 is 11.6. The van der Waals surface area contributed by atoms with Gasteiger partial charge in [-0.3, -0.25) is 4.79 Å². The van der Waals surface area contributed by atoms with Crippen LogP contribution in [0.5, 0.6) is 11.5 Å². The standard InChI is InChI=1S/C24H24ClNO3/c1-4-28-23-11-8-18(24(27)26-22-10-9-20(25)13-17(22)3)14-19(23)15-29-21-7-5-6-16(2)12-21/h5-14H,4,15H2,1-3H3,(H,26,27). The van der Waals surface area contributed by atoms with Crippen molar-refractivity contribution >= 4 is 23.2 Å². The van der Waals surface area contributed by atoms with Crippen LogP contribution in [-0.2, 0) is 6.61 Å². The van der Waals surface area contributed by atoms with Crippen molar-refractivity contribution < 1.29 is 14.3 Å². The van der Waals surface area contributed by atoms with Gasteiger partial charge in [-0.15, -0.1) is 0 Å². The number of halogens is 1. The van der Waals surface area contributed by atoms with Crippen molar-refractivity contribution in [1.82, 2.24) is 0 Å². The van der Waals surface area contributed by atoms with Crippen LogP contribution in [0, 0.1) is 13.8 Å². The van der Waals surface area contributed by atoms with Crippen molar-refractivity contribution in [3.05, 3.63) is 87.9 Å². The lowest BCUT2D eigenvalue weighted by molar-refractivity contribution is 0.102. The Labute approximate surface area is 176 Å². The molecule has 0 saturated carbocycles. The molecule has 0 heterocycles. The summed E-state index contributed by atoms with van der Waals surface area (Å²) >= 11 is 5.99. The minimum absolute atomic E-state index is 0.199. The highest BCUT2D eigenvalue weighted by Gasteiger charge is 2.13. The third-order valence-electron chi connectivity index (χ3n) is 4.44. The Morgan fingerprint density at radius 3 is 2.55 bits per heavy atom. The number of carbonyl (C=O) groups is 1. The minimum atomic E-state index is -0.199. The fourth-order valence-corrected chi connectivity index (χ4v) is 3.18. The molecule has 0 spiro atoms. The van der Waals surface area contributed by atoms with E-state index < -0.39 is 0 Å². The van der Waals surface area contributed by atoms with Gasteiger partial charge >= 0.3 is 0 Å². The first kappa shape index (κ1) is 20.7. The van der Waals surface area contributed by atoms with Crippen LogP contribution in [0.1, 0.15) is 34.0 Å². The Morgan fingerprint density at radius 2 is 1.83 bits per heavy atom. The van der Waals surface area contributed by atoms with E-state index in [1.165, 1.54) is 0 Å². The molecule has 0 aliphatic heterocycles. The fraction of sp³-hybridized carbons (Fsp3) is 0.208. The largest absolute Gasteiger partial charge is 0.493 e. The van der Waals surface area contributed by atoms with Gasteiger partial charge in [0.05, 0.1) is 6.61 Å². The summed E-state index contributed by atoms with van der Waals surface area (Å²) in [7, 11) is 0. The highest BCUT2D eigenvalue weighted by Crippen LogP contribution is 2.25. The lowest BCUT2D eigenvalue weighted by Gasteiger charge is -2.14. The summed E-state index contributed by atoms with van der Waals surface area (Å²) in [6.45, 7) is 6.69. The third kappa shape index (κ3) is 5.52. The Bertz CT molecular complexity index is 1020. The van der Waals surface area contributed by atoms with Crippen LogP contribution in [-0.4, -0.2) is 12.5 Å². The molecule has 0 aromatic heterocycles. The maximum Gasteiger partial charge on any atom is 0.255 e. The predicted octanol–water partition coefficient (Wildman–Crippen LogP) is 6.19. The second kappa shape index (κ2) is 9.48. The molecule has 0 saturated heterocycles. The van der Waals surface area contributed by atoms with Crippen molar-refractivity contribution in [2.45, 2.75) is 27.4 Å². The van der Waals surface area contributed by atoms with Crippen LogP contribution < -0.4 is 14.8 Å². The number of hydrogen-bond acceptors (Lipinski definition) is 3. The molecule has 5 heteroatoms. The Morgan fingerprint density at radius 1 is 1.00 bits per heavy atom. The Kier molecular flexibility index (Phi) is 6.78. The topological polar surface area (TPSA) is 47.6 Å². The molecule has 150 valence electrons. The molecule has 0 bridgehead atoms. The van der Waals surface area contributed by atoms with Crippen LogP contribution in [0.2, 0.25) is 5.02 Å². The predicted molar refractivity (Wildman–Crippen MR) is 117 cm³/mol. The van der Waals surface area contributed by atoms with Crippen LogP contribution in [0.4, 0.5) is 5.69 Å². The van der Waals surface area contributed by atoms with Crippen LogP contribution in [0.15, 0.2) is 60.7 Å². The van der Waals surface area contributed by atoms with Crippen molar-refractivity contribution in [2.75, 3.05) is 11.9 Å². The van der Waals surface area contributed by atoms with Gasteiger partial charge in [0.15, 0.2) is 0 Å². The van der Waals surface area contributed by atoms with Gasteiger partial charge in [-0.1, -0.05) is 23.7 Å². The van der Waals surface area contributed by atoms with Gasteiger partial charge in [-0.2, -0.15) is 0 Å². The highest BCUT2D eigenvalue weighted by molar-refractivity contribution is 6.30. The number of carbonyl (C=O) groups excluding carboxylic acids is 1. The van der Waals surface area contributed by atoms with Gasteiger partial charge in [0.2, 0.25) is 0 Å². The van der Waals surface area contributed by atoms with Crippen molar-refractivity contribution in [3.63, 3.8) is 0 Å². The number of amides is 1. The molecule has 1 amide bonds. The zero-order valence-electron chi connectivity index (χ0n) is 16.8. The van der Waals surface area contributed by atoms with E-state index in [0.717, 1.165) is 28.1 Å². The van der Waals surface area contributed by atoms with E-state index in [1.807, 2.05) is 57.2 Å². The van der Waals surface area contributed by atoms with E-state index in [0.29, 0.717) is 29.5 Å². The molecule has 0 aliphatic rings. The van der Waals surface area contributed by atoms with E-state index >= 15 is 0 Å². The van der Waals surface area contributed by atoms with E-state index in [1.54, 1.807) is 24.3 Å². The first-order valence-corrected chi connectivity index (χ1v) is 9.86. The van der Waals surface area contributed by atoms with Gasteiger partial charge in [0, 0.05) is 21.8 Å². The molecule has 29 heavy (non-hydrogen) atoms. The quantitative estimate of drug-likeness (QED) is 0.506. The molecule has 4 nitrogen and oxygen atoms in total. The number of ether oxygens (including phenoxy) is 2. The summed E-state index contributed by atoms with van der Waals surface area (Å²) in [5, 5.41) is 3.57. The summed E-state index contributed by atoms with van der Waals surface area (Å²) in [6, 6.07) is 18.6. The number of benzene rings is 3. The third-order valence-corrected chi connectivity index (χ3v) is 4.68. The maximum atomic E-state index is 12.8. The maximum absolute atomic E-state index is 12.8. The van der Waals surface area contributed by atoms with Crippen LogP contribution in [0.25, 0.3) is 0 Å². The molecule has 3 aromatic carbocycles. The van der Waals surface area contributed by atoms with Gasteiger partial charge in [0.25, 0.3) is 5.91 Å². The second-order valence-corrected chi connectivity index (χ2v) is 7.21. The average molecular weight is 410 g/mol. The Balaban J connectivity index is 1.80. The summed E-state index contributed by atoms with van der Waals surface area (Å²) in [5.74, 6) is 1.29. The summed E-state index contributed by atoms with van der Waals surface area (Å²) in [6.07, 6.45) is 0.